The molecule has 0 atom stereocenters. The molecule has 1 aliphatic carbocycles. The fraction of sp³-hybridized carbons (Fsp3) is 0.409. The summed E-state index contributed by atoms with van der Waals surface area (Å²) in [5, 5.41) is 9.14. The predicted molar refractivity (Wildman–Crippen MR) is 134 cm³/mol. The molecule has 2 heterocycles. The molecule has 4 rings (SSSR count). The van der Waals surface area contributed by atoms with Crippen LogP contribution in [-0.4, -0.2) is 46.3 Å². The summed E-state index contributed by atoms with van der Waals surface area (Å²) in [5.41, 5.74) is 3.11. The number of aryl methyl sites for hydroxylation is 2. The van der Waals surface area contributed by atoms with Crippen LogP contribution in [0.3, 0.4) is 0 Å². The molecular formula is C22H28FIN6S. The Morgan fingerprint density at radius 2 is 2.00 bits per heavy atom. The van der Waals surface area contributed by atoms with Crippen molar-refractivity contribution in [2.45, 2.75) is 38.6 Å². The molecule has 2 aromatic heterocycles. The lowest BCUT2D eigenvalue weighted by Gasteiger charge is -2.20. The van der Waals surface area contributed by atoms with Crippen LogP contribution in [0.4, 0.5) is 4.39 Å². The molecule has 6 nitrogen and oxygen atoms in total. The lowest BCUT2D eigenvalue weighted by molar-refractivity contribution is 0.475. The maximum absolute atomic E-state index is 13.1. The highest BCUT2D eigenvalue weighted by Gasteiger charge is 2.17. The average Bonchev–Trinajstić information content (AvgIpc) is 3.38. The van der Waals surface area contributed by atoms with Gasteiger partial charge in [-0.3, -0.25) is 4.99 Å². The van der Waals surface area contributed by atoms with E-state index in [1.165, 1.54) is 42.0 Å². The van der Waals surface area contributed by atoms with Crippen molar-refractivity contribution in [2.24, 2.45) is 4.99 Å². The summed E-state index contributed by atoms with van der Waals surface area (Å²) in [5.74, 6) is 0.602. The summed E-state index contributed by atoms with van der Waals surface area (Å²) < 4.78 is 14.9. The summed E-state index contributed by atoms with van der Waals surface area (Å²) in [4.78, 5) is 12.8. The van der Waals surface area contributed by atoms with E-state index >= 15 is 0 Å². The first-order valence-corrected chi connectivity index (χ1v) is 11.1. The van der Waals surface area contributed by atoms with Crippen LogP contribution in [-0.2, 0) is 25.8 Å². The molecule has 0 saturated heterocycles. The number of benzene rings is 1. The minimum atomic E-state index is -0.247. The number of thiazole rings is 1. The standard InChI is InChI=1S/C22H27FN6S.HI/c1-24-22(28(2)15-21-26-19-5-3-4-6-20(19)30-21)25-13-11-17-12-14-29(27-17)18-9-7-16(23)8-10-18;/h7-10,12,14H,3-6,11,13,15H2,1-2H3,(H,24,25);1H. The number of halogens is 2. The van der Waals surface area contributed by atoms with Gasteiger partial charge in [-0.1, -0.05) is 0 Å². The third kappa shape index (κ3) is 6.03. The van der Waals surface area contributed by atoms with Gasteiger partial charge in [-0.05, 0) is 56.0 Å². The normalized spacial score (nSPS) is 13.5. The van der Waals surface area contributed by atoms with Gasteiger partial charge in [0.25, 0.3) is 0 Å². The summed E-state index contributed by atoms with van der Waals surface area (Å²) in [6.45, 7) is 1.49. The number of nitrogens with zero attached hydrogens (tertiary/aromatic N) is 5. The van der Waals surface area contributed by atoms with Crippen LogP contribution in [0.5, 0.6) is 0 Å². The number of hydrogen-bond acceptors (Lipinski definition) is 4. The van der Waals surface area contributed by atoms with E-state index in [1.807, 2.05) is 30.6 Å². The van der Waals surface area contributed by atoms with Gasteiger partial charge in [-0.2, -0.15) is 5.10 Å². The minimum absolute atomic E-state index is 0. The van der Waals surface area contributed by atoms with E-state index in [4.69, 9.17) is 4.98 Å². The van der Waals surface area contributed by atoms with Crippen molar-refractivity contribution in [2.75, 3.05) is 20.6 Å². The second-order valence-electron chi connectivity index (χ2n) is 7.49. The molecule has 1 aromatic carbocycles. The zero-order valence-electron chi connectivity index (χ0n) is 17.8. The van der Waals surface area contributed by atoms with Gasteiger partial charge in [-0.25, -0.2) is 14.1 Å². The van der Waals surface area contributed by atoms with Crippen LogP contribution in [0.25, 0.3) is 5.69 Å². The van der Waals surface area contributed by atoms with Gasteiger partial charge < -0.3 is 10.2 Å². The first-order valence-electron chi connectivity index (χ1n) is 10.3. The van der Waals surface area contributed by atoms with E-state index < -0.39 is 0 Å². The highest BCUT2D eigenvalue weighted by Crippen LogP contribution is 2.27. The monoisotopic (exact) mass is 554 g/mol. The molecule has 0 bridgehead atoms. The number of aromatic nitrogens is 3. The Morgan fingerprint density at radius 3 is 2.74 bits per heavy atom. The van der Waals surface area contributed by atoms with Crippen molar-refractivity contribution >= 4 is 41.3 Å². The number of fused-ring (bicyclic) bond motifs is 1. The number of guanidine groups is 1. The molecule has 0 aliphatic heterocycles. The quantitative estimate of drug-likeness (QED) is 0.282. The molecule has 31 heavy (non-hydrogen) atoms. The fourth-order valence-electron chi connectivity index (χ4n) is 3.67. The van der Waals surface area contributed by atoms with Gasteiger partial charge in [-0.15, -0.1) is 35.3 Å². The van der Waals surface area contributed by atoms with E-state index in [0.29, 0.717) is 0 Å². The Bertz CT molecular complexity index is 990. The van der Waals surface area contributed by atoms with Gasteiger partial charge in [0.1, 0.15) is 10.8 Å². The topological polar surface area (TPSA) is 58.3 Å². The Balaban J connectivity index is 0.00000272. The van der Waals surface area contributed by atoms with Gasteiger partial charge in [0.05, 0.1) is 23.6 Å². The van der Waals surface area contributed by atoms with Crippen LogP contribution in [0.1, 0.15) is 34.1 Å². The maximum Gasteiger partial charge on any atom is 0.193 e. The zero-order chi connectivity index (χ0) is 20.9. The van der Waals surface area contributed by atoms with E-state index in [2.05, 4.69) is 20.3 Å². The SMILES string of the molecule is CN=C(NCCc1ccn(-c2ccc(F)cc2)n1)N(C)Cc1nc2c(s1)CCCC2.I. The average molecular weight is 554 g/mol. The first kappa shape index (κ1) is 23.6. The number of hydrogen-bond donors (Lipinski definition) is 1. The van der Waals surface area contributed by atoms with Crippen molar-refractivity contribution in [1.29, 1.82) is 0 Å². The predicted octanol–water partition coefficient (Wildman–Crippen LogP) is 4.21. The van der Waals surface area contributed by atoms with Crippen molar-refractivity contribution < 1.29 is 4.39 Å². The van der Waals surface area contributed by atoms with E-state index in [0.717, 1.165) is 48.3 Å². The van der Waals surface area contributed by atoms with Gasteiger partial charge in [0.2, 0.25) is 0 Å². The lowest BCUT2D eigenvalue weighted by Crippen LogP contribution is -2.39. The molecule has 0 amide bonds. The highest BCUT2D eigenvalue weighted by molar-refractivity contribution is 14.0. The largest absolute Gasteiger partial charge is 0.356 e. The minimum Gasteiger partial charge on any atom is -0.356 e. The van der Waals surface area contributed by atoms with Crippen molar-refractivity contribution in [3.8, 4) is 5.69 Å². The molecule has 0 radical (unpaired) electrons. The molecule has 0 spiro atoms. The molecule has 1 N–H and O–H groups in total. The van der Waals surface area contributed by atoms with Gasteiger partial charge >= 0.3 is 0 Å². The van der Waals surface area contributed by atoms with Crippen molar-refractivity contribution in [1.82, 2.24) is 25.0 Å². The van der Waals surface area contributed by atoms with E-state index in [1.54, 1.807) is 23.9 Å². The molecule has 9 heteroatoms. The molecular weight excluding hydrogens is 526 g/mol. The Hall–Kier alpha value is -2.01. The fourth-order valence-corrected chi connectivity index (χ4v) is 4.88. The number of aliphatic imine (C=N–C) groups is 1. The molecule has 0 fully saturated rings. The maximum atomic E-state index is 13.1. The molecule has 0 saturated carbocycles. The first-order chi connectivity index (χ1) is 14.6. The Morgan fingerprint density at radius 1 is 1.23 bits per heavy atom. The van der Waals surface area contributed by atoms with E-state index in [9.17, 15) is 4.39 Å². The molecule has 0 unspecified atom stereocenters. The van der Waals surface area contributed by atoms with Crippen LogP contribution in [0, 0.1) is 5.82 Å². The Kier molecular flexibility index (Phi) is 8.42. The van der Waals surface area contributed by atoms with Crippen LogP contribution >= 0.6 is 35.3 Å². The molecule has 1 aliphatic rings. The van der Waals surface area contributed by atoms with Crippen LogP contribution in [0.15, 0.2) is 41.5 Å². The van der Waals surface area contributed by atoms with Crippen molar-refractivity contribution in [3.05, 3.63) is 63.6 Å². The second-order valence-corrected chi connectivity index (χ2v) is 8.66. The molecule has 166 valence electrons. The summed E-state index contributed by atoms with van der Waals surface area (Å²) in [7, 11) is 3.84. The van der Waals surface area contributed by atoms with Crippen LogP contribution < -0.4 is 5.32 Å². The summed E-state index contributed by atoms with van der Waals surface area (Å²) in [6, 6.07) is 8.31. The smallest absolute Gasteiger partial charge is 0.193 e. The number of nitrogens with one attached hydrogen (secondary N) is 1. The second kappa shape index (κ2) is 11.0. The Labute approximate surface area is 203 Å². The number of rotatable bonds is 6. The third-order valence-electron chi connectivity index (χ3n) is 5.24. The summed E-state index contributed by atoms with van der Waals surface area (Å²) in [6.07, 6.45) is 7.50. The third-order valence-corrected chi connectivity index (χ3v) is 6.38. The van der Waals surface area contributed by atoms with Crippen LogP contribution in [0.2, 0.25) is 0 Å². The highest BCUT2D eigenvalue weighted by atomic mass is 127. The molecule has 3 aromatic rings. The van der Waals surface area contributed by atoms with Gasteiger partial charge in [0.15, 0.2) is 5.96 Å². The zero-order valence-corrected chi connectivity index (χ0v) is 21.0. The summed E-state index contributed by atoms with van der Waals surface area (Å²) >= 11 is 1.84. The lowest BCUT2D eigenvalue weighted by atomic mass is 10.0. The van der Waals surface area contributed by atoms with Gasteiger partial charge in [0, 0.05) is 38.1 Å². The van der Waals surface area contributed by atoms with Crippen molar-refractivity contribution in [3.63, 3.8) is 0 Å². The van der Waals surface area contributed by atoms with E-state index in [-0.39, 0.29) is 29.8 Å².